The second kappa shape index (κ2) is 11.5. The fourth-order valence-corrected chi connectivity index (χ4v) is 5.04. The van der Waals surface area contributed by atoms with Crippen molar-refractivity contribution in [2.45, 2.75) is 30.6 Å². The van der Waals surface area contributed by atoms with Crippen molar-refractivity contribution in [3.05, 3.63) is 69.1 Å². The van der Waals surface area contributed by atoms with Crippen LogP contribution in [0.15, 0.2) is 58.3 Å². The summed E-state index contributed by atoms with van der Waals surface area (Å²) >= 11 is 6.50. The maximum absolute atomic E-state index is 12.7. The van der Waals surface area contributed by atoms with Crippen LogP contribution in [-0.2, 0) is 19.6 Å². The van der Waals surface area contributed by atoms with E-state index in [0.29, 0.717) is 46.3 Å². The zero-order valence-electron chi connectivity index (χ0n) is 18.4. The monoisotopic (exact) mass is 534 g/mol. The number of hydrogen-bond acceptors (Lipinski definition) is 8. The van der Waals surface area contributed by atoms with Crippen molar-refractivity contribution in [2.75, 3.05) is 11.9 Å². The fourth-order valence-electron chi connectivity index (χ4n) is 3.22. The van der Waals surface area contributed by atoms with Crippen LogP contribution in [0.2, 0.25) is 0 Å². The molecule has 2 aromatic carbocycles. The molecule has 0 saturated carbocycles. The predicted molar refractivity (Wildman–Crippen MR) is 138 cm³/mol. The molecule has 0 unspecified atom stereocenters. The Morgan fingerprint density at radius 3 is 2.37 bits per heavy atom. The molecule has 0 aromatic heterocycles. The van der Waals surface area contributed by atoms with Crippen LogP contribution >= 0.6 is 24.0 Å². The van der Waals surface area contributed by atoms with Gasteiger partial charge in [0.05, 0.1) is 14.7 Å². The number of nitrogens with zero attached hydrogens (tertiary/aromatic N) is 2. The summed E-state index contributed by atoms with van der Waals surface area (Å²) in [6, 6.07) is 11.5. The molecule has 1 heterocycles. The van der Waals surface area contributed by atoms with Crippen LogP contribution in [0, 0.1) is 10.1 Å². The number of hydrogen-bond donors (Lipinski definition) is 2. The Balaban J connectivity index is 1.42. The lowest BCUT2D eigenvalue weighted by atomic mass is 10.1. The molecule has 0 atom stereocenters. The third kappa shape index (κ3) is 7.42. The maximum Gasteiger partial charge on any atom is 0.269 e. The Labute approximate surface area is 211 Å². The smallest absolute Gasteiger partial charge is 0.269 e. The van der Waals surface area contributed by atoms with Crippen molar-refractivity contribution in [3.8, 4) is 0 Å². The summed E-state index contributed by atoms with van der Waals surface area (Å²) in [6.45, 7) is 0.429. The molecule has 13 heteroatoms. The zero-order chi connectivity index (χ0) is 25.6. The van der Waals surface area contributed by atoms with Crippen molar-refractivity contribution >= 4 is 67.6 Å². The van der Waals surface area contributed by atoms with Crippen molar-refractivity contribution in [1.82, 2.24) is 4.90 Å². The maximum atomic E-state index is 12.7. The van der Waals surface area contributed by atoms with Gasteiger partial charge >= 0.3 is 0 Å². The lowest BCUT2D eigenvalue weighted by molar-refractivity contribution is -0.384. The number of nitro benzene ring substituents is 1. The SMILES string of the molecule is NS(=O)(=O)c1ccc(NC(=O)CCCCCN2C(=O)/C(=C/c3ccc([N+](=O)[O-])cc3)SC2=S)cc1. The van der Waals surface area contributed by atoms with Crippen LogP contribution in [0.3, 0.4) is 0 Å². The molecule has 0 radical (unpaired) electrons. The molecule has 0 aliphatic carbocycles. The van der Waals surface area contributed by atoms with Crippen molar-refractivity contribution in [1.29, 1.82) is 0 Å². The molecule has 2 aromatic rings. The molecule has 0 bridgehead atoms. The van der Waals surface area contributed by atoms with E-state index in [2.05, 4.69) is 5.32 Å². The summed E-state index contributed by atoms with van der Waals surface area (Å²) in [4.78, 5) is 37.0. The highest BCUT2D eigenvalue weighted by Crippen LogP contribution is 2.33. The number of thioether (sulfide) groups is 1. The molecule has 3 rings (SSSR count). The molecule has 2 amide bonds. The number of anilines is 1. The fraction of sp³-hybridized carbons (Fsp3) is 0.227. The summed E-state index contributed by atoms with van der Waals surface area (Å²) in [7, 11) is -3.78. The molecule has 10 nitrogen and oxygen atoms in total. The van der Waals surface area contributed by atoms with E-state index >= 15 is 0 Å². The highest BCUT2D eigenvalue weighted by molar-refractivity contribution is 8.26. The second-order valence-corrected chi connectivity index (χ2v) is 10.8. The van der Waals surface area contributed by atoms with E-state index in [1.54, 1.807) is 18.2 Å². The van der Waals surface area contributed by atoms with E-state index in [4.69, 9.17) is 17.4 Å². The number of nitrogens with one attached hydrogen (secondary N) is 1. The van der Waals surface area contributed by atoms with E-state index in [1.165, 1.54) is 53.1 Å². The molecular weight excluding hydrogens is 512 g/mol. The van der Waals surface area contributed by atoms with Gasteiger partial charge in [-0.2, -0.15) is 0 Å². The third-order valence-corrected chi connectivity index (χ3v) is 7.33. The van der Waals surface area contributed by atoms with Gasteiger partial charge in [-0.3, -0.25) is 24.6 Å². The summed E-state index contributed by atoms with van der Waals surface area (Å²) in [6.07, 6.45) is 3.90. The highest BCUT2D eigenvalue weighted by atomic mass is 32.2. The van der Waals surface area contributed by atoms with Gasteiger partial charge in [0.15, 0.2) is 0 Å². The number of unbranched alkanes of at least 4 members (excludes halogenated alkanes) is 2. The van der Waals surface area contributed by atoms with Crippen molar-refractivity contribution in [2.24, 2.45) is 5.14 Å². The third-order valence-electron chi connectivity index (χ3n) is 5.03. The lowest BCUT2D eigenvalue weighted by Gasteiger charge is -2.14. The number of amides is 2. The average molecular weight is 535 g/mol. The summed E-state index contributed by atoms with van der Waals surface area (Å²) in [5.41, 5.74) is 1.12. The van der Waals surface area contributed by atoms with Gasteiger partial charge < -0.3 is 5.32 Å². The molecule has 35 heavy (non-hydrogen) atoms. The van der Waals surface area contributed by atoms with Gasteiger partial charge in [0.2, 0.25) is 15.9 Å². The largest absolute Gasteiger partial charge is 0.326 e. The number of nitrogens with two attached hydrogens (primary N) is 1. The number of benzene rings is 2. The number of thiocarbonyl (C=S) groups is 1. The Hall–Kier alpha value is -3.13. The first kappa shape index (κ1) is 26.5. The number of non-ortho nitro benzene ring substituents is 1. The van der Waals surface area contributed by atoms with E-state index < -0.39 is 14.9 Å². The second-order valence-electron chi connectivity index (χ2n) is 7.61. The van der Waals surface area contributed by atoms with E-state index in [9.17, 15) is 28.1 Å². The molecule has 1 aliphatic rings. The number of primary sulfonamides is 1. The van der Waals surface area contributed by atoms with Crippen LogP contribution in [0.25, 0.3) is 6.08 Å². The summed E-state index contributed by atoms with van der Waals surface area (Å²) < 4.78 is 23.0. The number of carbonyl (C=O) groups is 2. The van der Waals surface area contributed by atoms with Crippen LogP contribution < -0.4 is 10.5 Å². The predicted octanol–water partition coefficient (Wildman–Crippen LogP) is 3.64. The Kier molecular flexibility index (Phi) is 8.72. The van der Waals surface area contributed by atoms with Gasteiger partial charge in [-0.1, -0.05) is 30.4 Å². The molecule has 0 spiro atoms. The van der Waals surface area contributed by atoms with Gasteiger partial charge in [-0.05, 0) is 60.9 Å². The van der Waals surface area contributed by atoms with Crippen LogP contribution in [0.1, 0.15) is 31.2 Å². The first-order valence-corrected chi connectivity index (χ1v) is 13.2. The minimum Gasteiger partial charge on any atom is -0.326 e. The lowest BCUT2D eigenvalue weighted by Crippen LogP contribution is -2.29. The van der Waals surface area contributed by atoms with Crippen LogP contribution in [0.5, 0.6) is 0 Å². The van der Waals surface area contributed by atoms with Crippen molar-refractivity contribution < 1.29 is 22.9 Å². The first-order valence-electron chi connectivity index (χ1n) is 10.5. The van der Waals surface area contributed by atoms with Gasteiger partial charge in [0.25, 0.3) is 11.6 Å². The molecule has 1 saturated heterocycles. The minimum absolute atomic E-state index is 0.0247. The Morgan fingerprint density at radius 1 is 1.11 bits per heavy atom. The molecule has 3 N–H and O–H groups in total. The average Bonchev–Trinajstić information content (AvgIpc) is 3.06. The van der Waals surface area contributed by atoms with E-state index in [1.807, 2.05) is 0 Å². The minimum atomic E-state index is -3.78. The number of nitro groups is 1. The van der Waals surface area contributed by atoms with E-state index in [-0.39, 0.29) is 28.8 Å². The van der Waals surface area contributed by atoms with Gasteiger partial charge in [0.1, 0.15) is 4.32 Å². The zero-order valence-corrected chi connectivity index (χ0v) is 20.8. The highest BCUT2D eigenvalue weighted by Gasteiger charge is 2.31. The molecular formula is C22H22N4O6S3. The number of rotatable bonds is 10. The Morgan fingerprint density at radius 2 is 1.77 bits per heavy atom. The molecule has 1 fully saturated rings. The summed E-state index contributed by atoms with van der Waals surface area (Å²) in [5.74, 6) is -0.413. The van der Waals surface area contributed by atoms with Crippen LogP contribution in [-0.4, -0.2) is 40.9 Å². The molecule has 184 valence electrons. The van der Waals surface area contributed by atoms with Crippen molar-refractivity contribution in [3.63, 3.8) is 0 Å². The van der Waals surface area contributed by atoms with Crippen LogP contribution in [0.4, 0.5) is 11.4 Å². The van der Waals surface area contributed by atoms with Gasteiger partial charge in [-0.15, -0.1) is 0 Å². The topological polar surface area (TPSA) is 153 Å². The molecule has 1 aliphatic heterocycles. The van der Waals surface area contributed by atoms with E-state index in [0.717, 1.165) is 0 Å². The number of sulfonamides is 1. The quantitative estimate of drug-likeness (QED) is 0.154. The van der Waals surface area contributed by atoms with Gasteiger partial charge in [0, 0.05) is 30.8 Å². The summed E-state index contributed by atoms with van der Waals surface area (Å²) in [5, 5.41) is 18.5. The van der Waals surface area contributed by atoms with Gasteiger partial charge in [-0.25, -0.2) is 13.6 Å². The Bertz CT molecular complexity index is 1280. The normalized spacial score (nSPS) is 15.0. The first-order chi connectivity index (χ1) is 16.5. The standard InChI is InChI=1S/C22H22N4O6S3/c23-35(31,32)18-11-7-16(8-12-18)24-20(27)4-2-1-3-13-25-21(28)19(34-22(25)33)14-15-5-9-17(10-6-15)26(29)30/h5-12,14H,1-4,13H2,(H,24,27)(H2,23,31,32)/b19-14-. The number of carbonyl (C=O) groups excluding carboxylic acids is 2.